The van der Waals surface area contributed by atoms with Gasteiger partial charge in [0.2, 0.25) is 0 Å². The highest BCUT2D eigenvalue weighted by Gasteiger charge is 2.10. The van der Waals surface area contributed by atoms with Crippen molar-refractivity contribution in [1.29, 1.82) is 0 Å². The molecule has 2 nitrogen and oxygen atoms in total. The first-order chi connectivity index (χ1) is 8.18. The van der Waals surface area contributed by atoms with E-state index in [1.165, 1.54) is 5.39 Å². The van der Waals surface area contributed by atoms with Crippen molar-refractivity contribution in [3.05, 3.63) is 48.0 Å². The van der Waals surface area contributed by atoms with Crippen LogP contribution in [-0.4, -0.2) is 17.7 Å². The van der Waals surface area contributed by atoms with E-state index in [0.29, 0.717) is 12.6 Å². The van der Waals surface area contributed by atoms with E-state index >= 15 is 0 Å². The van der Waals surface area contributed by atoms with E-state index in [0.717, 1.165) is 10.9 Å². The van der Waals surface area contributed by atoms with Crippen LogP contribution in [0.1, 0.15) is 25.5 Å². The summed E-state index contributed by atoms with van der Waals surface area (Å²) in [6, 6.07) is 14.6. The van der Waals surface area contributed by atoms with Crippen molar-refractivity contribution >= 4 is 10.8 Å². The fourth-order valence-electron chi connectivity index (χ4n) is 2.00. The number of aliphatic hydroxyl groups is 1. The molecular formula is C15H19NO. The lowest BCUT2D eigenvalue weighted by Crippen LogP contribution is -2.27. The summed E-state index contributed by atoms with van der Waals surface area (Å²) < 4.78 is 0. The first-order valence-electron chi connectivity index (χ1n) is 6.07. The molecule has 2 aromatic rings. The molecule has 0 amide bonds. The lowest BCUT2D eigenvalue weighted by molar-refractivity contribution is 0.173. The molecule has 0 unspecified atom stereocenters. The van der Waals surface area contributed by atoms with Crippen LogP contribution in [-0.2, 0) is 0 Å². The van der Waals surface area contributed by atoms with E-state index in [4.69, 9.17) is 0 Å². The van der Waals surface area contributed by atoms with Gasteiger partial charge in [0.15, 0.2) is 0 Å². The summed E-state index contributed by atoms with van der Waals surface area (Å²) in [7, 11) is 0. The van der Waals surface area contributed by atoms with Gasteiger partial charge in [0.25, 0.3) is 0 Å². The first kappa shape index (κ1) is 12.1. The maximum Gasteiger partial charge on any atom is 0.0920 e. The lowest BCUT2D eigenvalue weighted by Gasteiger charge is -2.16. The van der Waals surface area contributed by atoms with Gasteiger partial charge in [0.1, 0.15) is 0 Å². The zero-order valence-corrected chi connectivity index (χ0v) is 10.4. The molecule has 17 heavy (non-hydrogen) atoms. The van der Waals surface area contributed by atoms with E-state index in [2.05, 4.69) is 37.4 Å². The summed E-state index contributed by atoms with van der Waals surface area (Å²) in [6.07, 6.45) is -0.455. The zero-order chi connectivity index (χ0) is 12.3. The second-order valence-electron chi connectivity index (χ2n) is 4.65. The van der Waals surface area contributed by atoms with Gasteiger partial charge in [-0.2, -0.15) is 0 Å². The molecular weight excluding hydrogens is 210 g/mol. The average Bonchev–Trinajstić information content (AvgIpc) is 2.35. The number of rotatable bonds is 4. The Morgan fingerprint density at radius 2 is 1.76 bits per heavy atom. The molecule has 0 saturated carbocycles. The van der Waals surface area contributed by atoms with Gasteiger partial charge in [0.05, 0.1) is 6.10 Å². The Balaban J connectivity index is 2.28. The number of hydrogen-bond acceptors (Lipinski definition) is 2. The highest BCUT2D eigenvalue weighted by molar-refractivity contribution is 5.85. The maximum atomic E-state index is 10.2. The SMILES string of the molecule is CC(C)NC[C@@H](O)c1cccc2ccccc12. The van der Waals surface area contributed by atoms with Gasteiger partial charge in [-0.1, -0.05) is 56.3 Å². The number of hydrogen-bond donors (Lipinski definition) is 2. The van der Waals surface area contributed by atoms with Crippen LogP contribution in [0.25, 0.3) is 10.8 Å². The van der Waals surface area contributed by atoms with E-state index < -0.39 is 6.10 Å². The predicted octanol–water partition coefficient (Wildman–Crippen LogP) is 2.87. The standard InChI is InChI=1S/C15H19NO/c1-11(2)16-10-15(17)14-9-5-7-12-6-3-4-8-13(12)14/h3-9,11,15-17H,10H2,1-2H3/t15-/m1/s1. The predicted molar refractivity (Wildman–Crippen MR) is 72.0 cm³/mol. The van der Waals surface area contributed by atoms with Gasteiger partial charge in [-0.25, -0.2) is 0 Å². The van der Waals surface area contributed by atoms with Gasteiger partial charge >= 0.3 is 0 Å². The van der Waals surface area contributed by atoms with Crippen molar-refractivity contribution in [2.24, 2.45) is 0 Å². The van der Waals surface area contributed by atoms with Crippen molar-refractivity contribution < 1.29 is 5.11 Å². The van der Waals surface area contributed by atoms with Gasteiger partial charge in [-0.3, -0.25) is 0 Å². The quantitative estimate of drug-likeness (QED) is 0.845. The molecule has 0 aliphatic heterocycles. The molecule has 1 atom stereocenters. The topological polar surface area (TPSA) is 32.3 Å². The zero-order valence-electron chi connectivity index (χ0n) is 10.4. The summed E-state index contributed by atoms with van der Waals surface area (Å²) in [6.45, 7) is 4.75. The Kier molecular flexibility index (Phi) is 3.77. The number of nitrogens with one attached hydrogen (secondary N) is 1. The third-order valence-corrected chi connectivity index (χ3v) is 2.90. The highest BCUT2D eigenvalue weighted by atomic mass is 16.3. The molecule has 0 saturated heterocycles. The molecule has 2 aromatic carbocycles. The normalized spacial score (nSPS) is 13.2. The molecule has 0 bridgehead atoms. The third-order valence-electron chi connectivity index (χ3n) is 2.90. The molecule has 0 heterocycles. The molecule has 0 aliphatic carbocycles. The van der Waals surface area contributed by atoms with Crippen molar-refractivity contribution in [2.75, 3.05) is 6.54 Å². The van der Waals surface area contributed by atoms with E-state index in [1.807, 2.05) is 24.3 Å². The summed E-state index contributed by atoms with van der Waals surface area (Å²) in [5, 5.41) is 15.8. The van der Waals surface area contributed by atoms with Crippen molar-refractivity contribution in [1.82, 2.24) is 5.32 Å². The van der Waals surface area contributed by atoms with Gasteiger partial charge < -0.3 is 10.4 Å². The lowest BCUT2D eigenvalue weighted by atomic mass is 10.0. The molecule has 0 spiro atoms. The highest BCUT2D eigenvalue weighted by Crippen LogP contribution is 2.23. The van der Waals surface area contributed by atoms with Crippen LogP contribution >= 0.6 is 0 Å². The minimum Gasteiger partial charge on any atom is -0.387 e. The molecule has 0 aliphatic rings. The van der Waals surface area contributed by atoms with E-state index in [9.17, 15) is 5.11 Å². The van der Waals surface area contributed by atoms with Crippen LogP contribution in [0.3, 0.4) is 0 Å². The minimum absolute atomic E-state index is 0.389. The van der Waals surface area contributed by atoms with Gasteiger partial charge in [0, 0.05) is 12.6 Å². The smallest absolute Gasteiger partial charge is 0.0920 e. The van der Waals surface area contributed by atoms with Gasteiger partial charge in [-0.05, 0) is 16.3 Å². The van der Waals surface area contributed by atoms with Crippen molar-refractivity contribution in [3.63, 3.8) is 0 Å². The van der Waals surface area contributed by atoms with Crippen LogP contribution in [0.2, 0.25) is 0 Å². The molecule has 90 valence electrons. The summed E-state index contributed by atoms with van der Waals surface area (Å²) >= 11 is 0. The van der Waals surface area contributed by atoms with Crippen LogP contribution in [0.4, 0.5) is 0 Å². The Labute approximate surface area is 102 Å². The number of aliphatic hydroxyl groups excluding tert-OH is 1. The van der Waals surface area contributed by atoms with Crippen LogP contribution in [0, 0.1) is 0 Å². The Morgan fingerprint density at radius 1 is 1.06 bits per heavy atom. The second-order valence-corrected chi connectivity index (χ2v) is 4.65. The molecule has 0 aromatic heterocycles. The second kappa shape index (κ2) is 5.30. The van der Waals surface area contributed by atoms with Crippen molar-refractivity contribution in [3.8, 4) is 0 Å². The van der Waals surface area contributed by atoms with Crippen molar-refractivity contribution in [2.45, 2.75) is 26.0 Å². The monoisotopic (exact) mass is 229 g/mol. The summed E-state index contributed by atoms with van der Waals surface area (Å²) in [4.78, 5) is 0. The molecule has 2 heteroatoms. The summed E-state index contributed by atoms with van der Waals surface area (Å²) in [5.74, 6) is 0. The fourth-order valence-corrected chi connectivity index (χ4v) is 2.00. The van der Waals surface area contributed by atoms with E-state index in [-0.39, 0.29) is 0 Å². The maximum absolute atomic E-state index is 10.2. The largest absolute Gasteiger partial charge is 0.387 e. The van der Waals surface area contributed by atoms with Crippen LogP contribution < -0.4 is 5.32 Å². The molecule has 2 N–H and O–H groups in total. The fraction of sp³-hybridized carbons (Fsp3) is 0.333. The first-order valence-corrected chi connectivity index (χ1v) is 6.07. The Morgan fingerprint density at radius 3 is 2.53 bits per heavy atom. The molecule has 0 fully saturated rings. The Bertz CT molecular complexity index is 488. The minimum atomic E-state index is -0.455. The van der Waals surface area contributed by atoms with Crippen LogP contribution in [0.15, 0.2) is 42.5 Å². The average molecular weight is 229 g/mol. The third kappa shape index (κ3) is 2.84. The molecule has 0 radical (unpaired) electrons. The number of benzene rings is 2. The molecule has 2 rings (SSSR count). The summed E-state index contributed by atoms with van der Waals surface area (Å²) in [5.41, 5.74) is 0.997. The van der Waals surface area contributed by atoms with E-state index in [1.54, 1.807) is 0 Å². The Hall–Kier alpha value is -1.38. The van der Waals surface area contributed by atoms with Crippen LogP contribution in [0.5, 0.6) is 0 Å². The number of fused-ring (bicyclic) bond motifs is 1. The van der Waals surface area contributed by atoms with Gasteiger partial charge in [-0.15, -0.1) is 0 Å².